The van der Waals surface area contributed by atoms with E-state index in [9.17, 15) is 0 Å². The van der Waals surface area contributed by atoms with Crippen molar-refractivity contribution in [3.05, 3.63) is 72.3 Å². The van der Waals surface area contributed by atoms with Crippen molar-refractivity contribution in [2.75, 3.05) is 7.05 Å². The van der Waals surface area contributed by atoms with Crippen LogP contribution in [0.1, 0.15) is 107 Å². The summed E-state index contributed by atoms with van der Waals surface area (Å²) in [5, 5.41) is 3.45. The summed E-state index contributed by atoms with van der Waals surface area (Å²) >= 11 is 0. The largest absolute Gasteiger partial charge is 0.317 e. The quantitative estimate of drug-likeness (QED) is 0.224. The molecule has 1 N–H and O–H groups in total. The Bertz CT molecular complexity index is 847. The van der Waals surface area contributed by atoms with E-state index in [4.69, 9.17) is 4.79 Å². The van der Waals surface area contributed by atoms with E-state index in [2.05, 4.69) is 74.4 Å². The van der Waals surface area contributed by atoms with Crippen LogP contribution in [0.5, 0.6) is 0 Å². The molecule has 2 aliphatic carbocycles. The highest BCUT2D eigenvalue weighted by Crippen LogP contribution is 2.38. The summed E-state index contributed by atoms with van der Waals surface area (Å²) < 4.78 is 0. The average molecular weight is 474 g/mol. The Hall–Kier alpha value is -2.19. The summed E-state index contributed by atoms with van der Waals surface area (Å²) in [6, 6.07) is 19.7. The van der Waals surface area contributed by atoms with Crippen LogP contribution in [-0.4, -0.2) is 19.4 Å². The molecule has 0 saturated heterocycles. The number of nitrogens with one attached hydrogen (secondary N) is 1. The van der Waals surface area contributed by atoms with Crippen molar-refractivity contribution in [3.8, 4) is 11.1 Å². The van der Waals surface area contributed by atoms with E-state index in [1.807, 2.05) is 0 Å². The Labute approximate surface area is 214 Å². The van der Waals surface area contributed by atoms with Gasteiger partial charge >= 0.3 is 0 Å². The Morgan fingerprint density at radius 3 is 1.63 bits per heavy atom. The van der Waals surface area contributed by atoms with E-state index in [0.717, 1.165) is 23.8 Å². The molecule has 0 radical (unpaired) electrons. The van der Waals surface area contributed by atoms with Crippen LogP contribution in [0.15, 0.2) is 61.2 Å². The van der Waals surface area contributed by atoms with Gasteiger partial charge < -0.3 is 5.32 Å². The molecule has 0 bridgehead atoms. The van der Waals surface area contributed by atoms with Gasteiger partial charge in [-0.25, -0.2) is 0 Å². The Kier molecular flexibility index (Phi) is 11.8. The van der Waals surface area contributed by atoms with Gasteiger partial charge in [0.15, 0.2) is 0 Å². The minimum atomic E-state index is 0.639. The van der Waals surface area contributed by atoms with Crippen molar-refractivity contribution in [1.82, 2.24) is 5.32 Å². The molecule has 2 aliphatic rings. The molecule has 2 fully saturated rings. The number of allylic oxidation sites excluding steroid dienone is 1. The van der Waals surface area contributed by atoms with Crippen LogP contribution in [0.3, 0.4) is 0 Å². The number of rotatable bonds is 9. The molecule has 0 aliphatic heterocycles. The molecule has 190 valence electrons. The predicted molar refractivity (Wildman–Crippen MR) is 151 cm³/mol. The van der Waals surface area contributed by atoms with E-state index in [1.54, 1.807) is 5.56 Å². The van der Waals surface area contributed by atoms with Crippen molar-refractivity contribution >= 4 is 6.29 Å². The summed E-state index contributed by atoms with van der Waals surface area (Å²) in [6.45, 7) is 5.42. The number of carbonyl (C=O) groups excluding carboxylic acids is 1. The Morgan fingerprint density at radius 2 is 1.23 bits per heavy atom. The second-order valence-electron chi connectivity index (χ2n) is 10.7. The maximum absolute atomic E-state index is 9.06. The van der Waals surface area contributed by atoms with Crippen molar-refractivity contribution < 1.29 is 4.79 Å². The van der Waals surface area contributed by atoms with E-state index in [1.165, 1.54) is 99.8 Å². The van der Waals surface area contributed by atoms with Gasteiger partial charge in [-0.1, -0.05) is 87.7 Å². The number of unbranched alkanes of at least 4 members (excludes halogenated alkanes) is 2. The molecular formula is C33H47NO. The molecule has 0 unspecified atom stereocenters. The lowest BCUT2D eigenvalue weighted by Gasteiger charge is -2.29. The lowest BCUT2D eigenvalue weighted by molar-refractivity contribution is -0.104. The minimum Gasteiger partial charge on any atom is -0.317 e. The second-order valence-corrected chi connectivity index (χ2v) is 10.7. The van der Waals surface area contributed by atoms with Crippen LogP contribution in [0.25, 0.3) is 11.1 Å². The number of aldehydes is 1. The molecule has 0 atom stereocenters. The van der Waals surface area contributed by atoms with E-state index < -0.39 is 0 Å². The fourth-order valence-corrected chi connectivity index (χ4v) is 6.08. The third kappa shape index (κ3) is 8.46. The fourth-order valence-electron chi connectivity index (χ4n) is 6.08. The highest BCUT2D eigenvalue weighted by Gasteiger charge is 2.23. The monoisotopic (exact) mass is 473 g/mol. The van der Waals surface area contributed by atoms with Gasteiger partial charge in [-0.05, 0) is 104 Å². The van der Waals surface area contributed by atoms with Gasteiger partial charge in [0, 0.05) is 6.04 Å². The Morgan fingerprint density at radius 1 is 0.771 bits per heavy atom. The predicted octanol–water partition coefficient (Wildman–Crippen LogP) is 8.82. The first-order valence-electron chi connectivity index (χ1n) is 14.1. The highest BCUT2D eigenvalue weighted by atomic mass is 16.1. The first kappa shape index (κ1) is 27.4. The molecule has 0 aromatic heterocycles. The molecule has 2 aromatic rings. The summed E-state index contributed by atoms with van der Waals surface area (Å²) in [6.07, 6.45) is 18.4. The summed E-state index contributed by atoms with van der Waals surface area (Å²) in [5.41, 5.74) is 5.82. The van der Waals surface area contributed by atoms with E-state index >= 15 is 0 Å². The smallest absolute Gasteiger partial charge is 0.142 e. The molecule has 2 nitrogen and oxygen atoms in total. The molecular weight excluding hydrogens is 426 g/mol. The Balaban J connectivity index is 0.000000795. The standard InChI is InChI=1S/C30H43N.C3H4O/c1-3-4-5-6-23-7-9-24(10-8-23)25-11-13-26(14-12-25)27-15-17-28(18-16-27)29-19-21-30(31-2)22-20-29;1-2-3-4/h11-18,23-24,29-31H,3-10,19-22H2,1-2H3;2-3H,1H2. The summed E-state index contributed by atoms with van der Waals surface area (Å²) in [5.74, 6) is 2.53. The first-order chi connectivity index (χ1) is 17.2. The van der Waals surface area contributed by atoms with Gasteiger partial charge in [-0.2, -0.15) is 0 Å². The van der Waals surface area contributed by atoms with Crippen LogP contribution in [0, 0.1) is 5.92 Å². The van der Waals surface area contributed by atoms with Gasteiger partial charge in [0.1, 0.15) is 6.29 Å². The van der Waals surface area contributed by atoms with E-state index in [-0.39, 0.29) is 0 Å². The SMILES string of the molecule is C=CC=O.CCCCCC1CCC(c2ccc(-c3ccc(C4CCC(NC)CC4)cc3)cc2)CC1. The summed E-state index contributed by atoms with van der Waals surface area (Å²) in [7, 11) is 2.10. The molecule has 0 amide bonds. The molecule has 4 rings (SSSR count). The third-order valence-electron chi connectivity index (χ3n) is 8.39. The molecule has 35 heavy (non-hydrogen) atoms. The number of benzene rings is 2. The van der Waals surface area contributed by atoms with Crippen LogP contribution in [-0.2, 0) is 4.79 Å². The molecule has 0 spiro atoms. The number of hydrogen-bond acceptors (Lipinski definition) is 2. The van der Waals surface area contributed by atoms with Gasteiger partial charge in [-0.15, -0.1) is 0 Å². The zero-order chi connectivity index (χ0) is 24.9. The maximum atomic E-state index is 9.06. The number of hydrogen-bond donors (Lipinski definition) is 1. The van der Waals surface area contributed by atoms with Crippen molar-refractivity contribution in [3.63, 3.8) is 0 Å². The van der Waals surface area contributed by atoms with Gasteiger partial charge in [-0.3, -0.25) is 4.79 Å². The molecule has 2 heteroatoms. The minimum absolute atomic E-state index is 0.639. The zero-order valence-electron chi connectivity index (χ0n) is 22.2. The van der Waals surface area contributed by atoms with Crippen molar-refractivity contribution in [2.24, 2.45) is 5.92 Å². The first-order valence-corrected chi connectivity index (χ1v) is 14.1. The lowest BCUT2D eigenvalue weighted by Crippen LogP contribution is -2.29. The zero-order valence-corrected chi connectivity index (χ0v) is 22.2. The highest BCUT2D eigenvalue weighted by molar-refractivity contribution is 5.64. The molecule has 2 saturated carbocycles. The number of carbonyl (C=O) groups is 1. The fraction of sp³-hybridized carbons (Fsp3) is 0.545. The second kappa shape index (κ2) is 15.0. The van der Waals surface area contributed by atoms with Crippen LogP contribution < -0.4 is 5.32 Å². The van der Waals surface area contributed by atoms with Crippen molar-refractivity contribution in [1.29, 1.82) is 0 Å². The van der Waals surface area contributed by atoms with Crippen LogP contribution in [0.4, 0.5) is 0 Å². The van der Waals surface area contributed by atoms with Crippen molar-refractivity contribution in [2.45, 2.75) is 102 Å². The van der Waals surface area contributed by atoms with Gasteiger partial charge in [0.25, 0.3) is 0 Å². The average Bonchev–Trinajstić information content (AvgIpc) is 2.94. The third-order valence-corrected chi connectivity index (χ3v) is 8.39. The lowest BCUT2D eigenvalue weighted by atomic mass is 9.77. The maximum Gasteiger partial charge on any atom is 0.142 e. The molecule has 2 aromatic carbocycles. The van der Waals surface area contributed by atoms with Crippen LogP contribution in [0.2, 0.25) is 0 Å². The van der Waals surface area contributed by atoms with Gasteiger partial charge in [0.05, 0.1) is 0 Å². The molecule has 0 heterocycles. The normalized spacial score (nSPS) is 24.2. The van der Waals surface area contributed by atoms with Gasteiger partial charge in [0.2, 0.25) is 0 Å². The summed E-state index contributed by atoms with van der Waals surface area (Å²) in [4.78, 5) is 9.06. The van der Waals surface area contributed by atoms with Crippen LogP contribution >= 0.6 is 0 Å². The van der Waals surface area contributed by atoms with E-state index in [0.29, 0.717) is 6.29 Å². The topological polar surface area (TPSA) is 29.1 Å².